The van der Waals surface area contributed by atoms with Crippen molar-refractivity contribution in [3.05, 3.63) is 24.3 Å². The van der Waals surface area contributed by atoms with Gasteiger partial charge in [-0.2, -0.15) is 0 Å². The molecule has 0 aromatic carbocycles. The van der Waals surface area contributed by atoms with Crippen molar-refractivity contribution >= 4 is 11.9 Å². The Balaban J connectivity index is 1.62. The van der Waals surface area contributed by atoms with E-state index in [0.29, 0.717) is 32.1 Å². The van der Waals surface area contributed by atoms with E-state index in [0.717, 1.165) is 0 Å². The van der Waals surface area contributed by atoms with Crippen LogP contribution in [0.2, 0.25) is 0 Å². The second-order valence-electron chi connectivity index (χ2n) is 12.2. The number of hydrogen-bond donors (Lipinski definition) is 4. The third kappa shape index (κ3) is 7.14. The largest absolute Gasteiger partial charge is 0.458 e. The van der Waals surface area contributed by atoms with Gasteiger partial charge >= 0.3 is 11.9 Å². The number of ether oxygens (including phenoxy) is 4. The second kappa shape index (κ2) is 13.4. The van der Waals surface area contributed by atoms with Gasteiger partial charge in [-0.05, 0) is 50.4 Å². The number of fused-ring (bicyclic) bond motifs is 6. The van der Waals surface area contributed by atoms with Gasteiger partial charge in [0.1, 0.15) is 18.3 Å². The SMILES string of the molecule is CCCC(=O)O[C@@H]1C[C@H]2C[C@@H](O)C[C@@H](C[C@@H](C)C=CC=CC[C@H]3O[C@H](C[C@H]3C)[C@H](O)C[C@H]3OC(=O)[C@@]1(O)[C@H]3O)O2. The maximum atomic E-state index is 13.1. The minimum Gasteiger partial charge on any atom is -0.458 e. The summed E-state index contributed by atoms with van der Waals surface area (Å²) in [5, 5.41) is 44.4. The highest BCUT2D eigenvalue weighted by Crippen LogP contribution is 2.39. The monoisotopic (exact) mass is 566 g/mol. The first-order chi connectivity index (χ1) is 19.0. The van der Waals surface area contributed by atoms with Crippen molar-refractivity contribution in [1.29, 1.82) is 0 Å². The van der Waals surface area contributed by atoms with Crippen LogP contribution in [0, 0.1) is 11.8 Å². The molecule has 4 heterocycles. The summed E-state index contributed by atoms with van der Waals surface area (Å²) in [4.78, 5) is 25.7. The van der Waals surface area contributed by atoms with Crippen molar-refractivity contribution in [2.45, 2.75) is 139 Å². The third-order valence-corrected chi connectivity index (χ3v) is 8.72. The van der Waals surface area contributed by atoms with E-state index in [1.54, 1.807) is 6.92 Å². The summed E-state index contributed by atoms with van der Waals surface area (Å²) >= 11 is 0. The Kier molecular flexibility index (Phi) is 10.5. The Morgan fingerprint density at radius 1 is 0.975 bits per heavy atom. The van der Waals surface area contributed by atoms with Gasteiger partial charge in [0.05, 0.1) is 36.6 Å². The molecule has 40 heavy (non-hydrogen) atoms. The highest BCUT2D eigenvalue weighted by atomic mass is 16.6. The van der Waals surface area contributed by atoms with Gasteiger partial charge in [0.15, 0.2) is 0 Å². The van der Waals surface area contributed by atoms with E-state index < -0.39 is 60.3 Å². The first kappa shape index (κ1) is 31.1. The minimum atomic E-state index is -2.55. The quantitative estimate of drug-likeness (QED) is 0.374. The Hall–Kier alpha value is -1.82. The Bertz CT molecular complexity index is 935. The van der Waals surface area contributed by atoms with Crippen LogP contribution in [-0.4, -0.2) is 92.9 Å². The van der Waals surface area contributed by atoms with Crippen LogP contribution in [0.3, 0.4) is 0 Å². The van der Waals surface area contributed by atoms with Gasteiger partial charge < -0.3 is 39.4 Å². The topological polar surface area (TPSA) is 152 Å². The molecule has 0 radical (unpaired) electrons. The van der Waals surface area contributed by atoms with E-state index in [1.807, 2.05) is 18.2 Å². The summed E-state index contributed by atoms with van der Waals surface area (Å²) in [6.45, 7) is 5.92. The summed E-state index contributed by atoms with van der Waals surface area (Å²) in [5.74, 6) is -1.40. The van der Waals surface area contributed by atoms with Crippen molar-refractivity contribution in [3.8, 4) is 0 Å². The van der Waals surface area contributed by atoms with Crippen molar-refractivity contribution < 1.29 is 49.0 Å². The third-order valence-electron chi connectivity index (χ3n) is 8.72. The van der Waals surface area contributed by atoms with E-state index in [9.17, 15) is 30.0 Å². The lowest BCUT2D eigenvalue weighted by Crippen LogP contribution is -2.58. The molecular formula is C30H46O10. The van der Waals surface area contributed by atoms with Gasteiger partial charge in [-0.3, -0.25) is 4.79 Å². The Morgan fingerprint density at radius 3 is 2.42 bits per heavy atom. The maximum Gasteiger partial charge on any atom is 0.345 e. The van der Waals surface area contributed by atoms with Crippen LogP contribution in [-0.2, 0) is 28.5 Å². The number of hydrogen-bond acceptors (Lipinski definition) is 10. The van der Waals surface area contributed by atoms with Crippen molar-refractivity contribution in [3.63, 3.8) is 0 Å². The standard InChI is InChI=1S/C30H46O10/c1-4-8-27(33)40-26-15-21-14-19(31)13-20(37-21)11-17(2)9-6-5-7-10-23-18(3)12-24(38-23)22(32)16-25-28(34)30(26,36)29(35)39-25/h5-7,9,17-26,28,31-32,34,36H,4,8,10-16H2,1-3H3/t17-,18+,19-,20+,21+,22+,23+,24+,25+,26+,28-,30-/m0/s1. The molecule has 4 rings (SSSR count). The molecule has 0 unspecified atom stereocenters. The summed E-state index contributed by atoms with van der Waals surface area (Å²) < 4.78 is 23.4. The zero-order valence-corrected chi connectivity index (χ0v) is 23.8. The second-order valence-corrected chi connectivity index (χ2v) is 12.2. The molecule has 6 bridgehead atoms. The summed E-state index contributed by atoms with van der Waals surface area (Å²) in [6, 6.07) is 0. The van der Waals surface area contributed by atoms with E-state index in [2.05, 4.69) is 19.9 Å². The Morgan fingerprint density at radius 2 is 1.70 bits per heavy atom. The lowest BCUT2D eigenvalue weighted by atomic mass is 9.83. The number of aliphatic hydroxyl groups is 4. The van der Waals surface area contributed by atoms with Crippen LogP contribution in [0.5, 0.6) is 0 Å². The molecule has 4 aliphatic heterocycles. The Labute approximate surface area is 236 Å². The number of allylic oxidation sites excluding steroid dienone is 3. The first-order valence-corrected chi connectivity index (χ1v) is 14.8. The summed E-state index contributed by atoms with van der Waals surface area (Å²) in [5.41, 5.74) is -2.55. The molecule has 10 heteroatoms. The van der Waals surface area contributed by atoms with E-state index >= 15 is 0 Å². The van der Waals surface area contributed by atoms with Crippen LogP contribution >= 0.6 is 0 Å². The van der Waals surface area contributed by atoms with Crippen molar-refractivity contribution in [2.75, 3.05) is 0 Å². The van der Waals surface area contributed by atoms with Crippen LogP contribution in [0.15, 0.2) is 24.3 Å². The van der Waals surface area contributed by atoms with E-state index in [-0.39, 0.29) is 49.7 Å². The smallest absolute Gasteiger partial charge is 0.345 e. The van der Waals surface area contributed by atoms with Crippen LogP contribution in [0.4, 0.5) is 0 Å². The van der Waals surface area contributed by atoms with E-state index in [1.165, 1.54) is 0 Å². The van der Waals surface area contributed by atoms with Gasteiger partial charge in [0.25, 0.3) is 0 Å². The maximum absolute atomic E-state index is 13.1. The van der Waals surface area contributed by atoms with Crippen molar-refractivity contribution in [1.82, 2.24) is 0 Å². The number of aliphatic hydroxyl groups excluding tert-OH is 3. The van der Waals surface area contributed by atoms with Crippen LogP contribution in [0.1, 0.15) is 78.6 Å². The molecule has 0 amide bonds. The van der Waals surface area contributed by atoms with Gasteiger partial charge in [-0.1, -0.05) is 45.1 Å². The predicted molar refractivity (Wildman–Crippen MR) is 144 cm³/mol. The molecule has 0 aromatic heterocycles. The number of carbonyl (C=O) groups is 2. The molecule has 4 aliphatic rings. The molecule has 0 aromatic rings. The fraction of sp³-hybridized carbons (Fsp3) is 0.800. The van der Waals surface area contributed by atoms with Gasteiger partial charge in [0.2, 0.25) is 5.60 Å². The molecular weight excluding hydrogens is 520 g/mol. The minimum absolute atomic E-state index is 0.0628. The average molecular weight is 567 g/mol. The lowest BCUT2D eigenvalue weighted by Gasteiger charge is -2.38. The molecule has 3 fully saturated rings. The summed E-state index contributed by atoms with van der Waals surface area (Å²) in [6.07, 6.45) is 3.32. The fourth-order valence-corrected chi connectivity index (χ4v) is 6.46. The summed E-state index contributed by atoms with van der Waals surface area (Å²) in [7, 11) is 0. The highest BCUT2D eigenvalue weighted by molar-refractivity contribution is 5.84. The predicted octanol–water partition coefficient (Wildman–Crippen LogP) is 2.10. The average Bonchev–Trinajstić information content (AvgIpc) is 3.35. The van der Waals surface area contributed by atoms with Crippen LogP contribution < -0.4 is 0 Å². The molecule has 12 atom stereocenters. The molecule has 226 valence electrons. The van der Waals surface area contributed by atoms with Crippen LogP contribution in [0.25, 0.3) is 0 Å². The zero-order valence-electron chi connectivity index (χ0n) is 23.8. The van der Waals surface area contributed by atoms with Gasteiger partial charge in [0, 0.05) is 19.3 Å². The lowest BCUT2D eigenvalue weighted by molar-refractivity contribution is -0.194. The van der Waals surface area contributed by atoms with Gasteiger partial charge in [-0.15, -0.1) is 0 Å². The molecule has 4 N–H and O–H groups in total. The molecule has 3 saturated heterocycles. The first-order valence-electron chi connectivity index (χ1n) is 14.8. The highest BCUT2D eigenvalue weighted by Gasteiger charge is 2.63. The molecule has 0 saturated carbocycles. The van der Waals surface area contributed by atoms with E-state index in [4.69, 9.17) is 18.9 Å². The van der Waals surface area contributed by atoms with Gasteiger partial charge in [-0.25, -0.2) is 4.79 Å². The molecule has 0 spiro atoms. The van der Waals surface area contributed by atoms with Crippen molar-refractivity contribution in [2.24, 2.45) is 11.8 Å². The number of carbonyl (C=O) groups excluding carboxylic acids is 2. The number of esters is 2. The molecule has 10 nitrogen and oxygen atoms in total. The molecule has 0 aliphatic carbocycles. The number of rotatable bonds is 3. The fourth-order valence-electron chi connectivity index (χ4n) is 6.46. The zero-order chi connectivity index (χ0) is 29.0. The normalized spacial score (nSPS) is 44.7.